The second-order valence-electron chi connectivity index (χ2n) is 6.58. The van der Waals surface area contributed by atoms with Crippen LogP contribution in [0.3, 0.4) is 0 Å². The van der Waals surface area contributed by atoms with E-state index in [0.717, 1.165) is 13.1 Å². The summed E-state index contributed by atoms with van der Waals surface area (Å²) >= 11 is 0. The first-order valence-corrected chi connectivity index (χ1v) is 7.74. The summed E-state index contributed by atoms with van der Waals surface area (Å²) in [5.41, 5.74) is 1.87. The molecule has 0 radical (unpaired) electrons. The largest absolute Gasteiger partial charge is 0.307 e. The predicted molar refractivity (Wildman–Crippen MR) is 80.2 cm³/mol. The smallest absolute Gasteiger partial charge is 0.0450 e. The lowest BCUT2D eigenvalue weighted by atomic mass is 9.92. The van der Waals surface area contributed by atoms with Gasteiger partial charge in [-0.2, -0.15) is 0 Å². The van der Waals surface area contributed by atoms with Crippen molar-refractivity contribution in [2.24, 2.45) is 0 Å². The van der Waals surface area contributed by atoms with Crippen molar-refractivity contribution in [3.8, 4) is 0 Å². The highest BCUT2D eigenvalue weighted by Gasteiger charge is 2.40. The maximum absolute atomic E-state index is 3.71. The maximum Gasteiger partial charge on any atom is 0.0450 e. The topological polar surface area (TPSA) is 15.3 Å². The van der Waals surface area contributed by atoms with Crippen LogP contribution in [0.1, 0.15) is 51.1 Å². The molecule has 19 heavy (non-hydrogen) atoms. The van der Waals surface area contributed by atoms with Gasteiger partial charge in [-0.3, -0.25) is 4.90 Å². The molecule has 0 amide bonds. The minimum Gasteiger partial charge on any atom is -0.307 e. The number of piperazine rings is 1. The summed E-state index contributed by atoms with van der Waals surface area (Å²) in [5.74, 6) is 0. The van der Waals surface area contributed by atoms with Crippen LogP contribution in [0.2, 0.25) is 0 Å². The lowest BCUT2D eigenvalue weighted by Crippen LogP contribution is -2.59. The summed E-state index contributed by atoms with van der Waals surface area (Å²) in [7, 11) is 0. The Morgan fingerprint density at radius 1 is 1.16 bits per heavy atom. The van der Waals surface area contributed by atoms with Gasteiger partial charge >= 0.3 is 0 Å². The van der Waals surface area contributed by atoms with Gasteiger partial charge in [-0.1, -0.05) is 43.2 Å². The van der Waals surface area contributed by atoms with Crippen LogP contribution in [0.15, 0.2) is 30.3 Å². The quantitative estimate of drug-likeness (QED) is 0.875. The molecule has 0 aromatic heterocycles. The zero-order valence-electron chi connectivity index (χ0n) is 12.2. The fraction of sp³-hybridized carbons (Fsp3) is 0.647. The van der Waals surface area contributed by atoms with E-state index in [2.05, 4.69) is 54.4 Å². The van der Waals surface area contributed by atoms with Crippen molar-refractivity contribution < 1.29 is 0 Å². The number of benzene rings is 1. The van der Waals surface area contributed by atoms with Crippen LogP contribution < -0.4 is 5.32 Å². The average Bonchev–Trinajstić information content (AvgIpc) is 2.88. The van der Waals surface area contributed by atoms with Crippen LogP contribution in [0, 0.1) is 0 Å². The van der Waals surface area contributed by atoms with E-state index < -0.39 is 0 Å². The predicted octanol–water partition coefficient (Wildman–Crippen LogP) is 3.35. The molecule has 1 saturated heterocycles. The van der Waals surface area contributed by atoms with Crippen molar-refractivity contribution >= 4 is 0 Å². The molecule has 1 saturated carbocycles. The molecule has 2 atom stereocenters. The van der Waals surface area contributed by atoms with Crippen molar-refractivity contribution in [3.63, 3.8) is 0 Å². The first-order chi connectivity index (χ1) is 9.19. The third-order valence-electron chi connectivity index (χ3n) is 5.15. The summed E-state index contributed by atoms with van der Waals surface area (Å²) in [6.45, 7) is 7.11. The number of hydrogen-bond acceptors (Lipinski definition) is 2. The fourth-order valence-electron chi connectivity index (χ4n) is 3.95. The Morgan fingerprint density at radius 2 is 1.84 bits per heavy atom. The third kappa shape index (κ3) is 2.56. The molecule has 3 rings (SSSR count). The Bertz CT molecular complexity index is 409. The van der Waals surface area contributed by atoms with Gasteiger partial charge in [-0.05, 0) is 32.3 Å². The molecule has 1 N–H and O–H groups in total. The summed E-state index contributed by atoms with van der Waals surface area (Å²) in [5, 5.41) is 3.71. The molecule has 1 aliphatic heterocycles. The van der Waals surface area contributed by atoms with Gasteiger partial charge in [-0.15, -0.1) is 0 Å². The fourth-order valence-corrected chi connectivity index (χ4v) is 3.95. The van der Waals surface area contributed by atoms with Gasteiger partial charge in [0.2, 0.25) is 0 Å². The van der Waals surface area contributed by atoms with E-state index in [0.29, 0.717) is 17.6 Å². The highest BCUT2D eigenvalue weighted by molar-refractivity contribution is 5.20. The Balaban J connectivity index is 1.77. The second-order valence-corrected chi connectivity index (χ2v) is 6.58. The summed E-state index contributed by atoms with van der Waals surface area (Å²) in [6.07, 6.45) is 5.56. The molecule has 2 aliphatic rings. The average molecular weight is 258 g/mol. The zero-order valence-corrected chi connectivity index (χ0v) is 12.2. The van der Waals surface area contributed by atoms with Crippen LogP contribution in [0.4, 0.5) is 0 Å². The van der Waals surface area contributed by atoms with Gasteiger partial charge in [0, 0.05) is 30.7 Å². The SMILES string of the molecule is CC1CNC(c2ccccc2)CN1C1(C)CCCC1. The monoisotopic (exact) mass is 258 g/mol. The lowest BCUT2D eigenvalue weighted by molar-refractivity contribution is 0.0307. The standard InChI is InChI=1S/C17H26N2/c1-14-12-18-16(15-8-4-3-5-9-15)13-19(14)17(2)10-6-7-11-17/h3-5,8-9,14,16,18H,6-7,10-13H2,1-2H3. The summed E-state index contributed by atoms with van der Waals surface area (Å²) < 4.78 is 0. The Morgan fingerprint density at radius 3 is 2.53 bits per heavy atom. The van der Waals surface area contributed by atoms with Crippen molar-refractivity contribution in [1.29, 1.82) is 0 Å². The maximum atomic E-state index is 3.71. The zero-order chi connectivity index (χ0) is 13.3. The van der Waals surface area contributed by atoms with Gasteiger partial charge in [0.05, 0.1) is 0 Å². The molecule has 2 heteroatoms. The summed E-state index contributed by atoms with van der Waals surface area (Å²) in [4.78, 5) is 2.77. The number of nitrogens with one attached hydrogen (secondary N) is 1. The van der Waals surface area contributed by atoms with Crippen molar-refractivity contribution in [3.05, 3.63) is 35.9 Å². The first-order valence-electron chi connectivity index (χ1n) is 7.74. The van der Waals surface area contributed by atoms with Crippen LogP contribution in [0.5, 0.6) is 0 Å². The molecule has 1 aromatic carbocycles. The van der Waals surface area contributed by atoms with Crippen molar-refractivity contribution in [2.75, 3.05) is 13.1 Å². The minimum absolute atomic E-state index is 0.439. The molecule has 0 spiro atoms. The van der Waals surface area contributed by atoms with E-state index in [1.807, 2.05) is 0 Å². The third-order valence-corrected chi connectivity index (χ3v) is 5.15. The van der Waals surface area contributed by atoms with Crippen molar-refractivity contribution in [2.45, 2.75) is 57.2 Å². The van der Waals surface area contributed by atoms with E-state index in [1.54, 1.807) is 0 Å². The highest BCUT2D eigenvalue weighted by atomic mass is 15.3. The van der Waals surface area contributed by atoms with Crippen LogP contribution in [-0.2, 0) is 0 Å². The molecule has 2 nitrogen and oxygen atoms in total. The van der Waals surface area contributed by atoms with E-state index in [9.17, 15) is 0 Å². The number of hydrogen-bond donors (Lipinski definition) is 1. The molecular formula is C17H26N2. The van der Waals surface area contributed by atoms with Gasteiger partial charge < -0.3 is 5.32 Å². The van der Waals surface area contributed by atoms with E-state index in [-0.39, 0.29) is 0 Å². The second kappa shape index (κ2) is 5.26. The first kappa shape index (κ1) is 13.1. The Kier molecular flexibility index (Phi) is 3.64. The van der Waals surface area contributed by atoms with Crippen LogP contribution >= 0.6 is 0 Å². The lowest BCUT2D eigenvalue weighted by Gasteiger charge is -2.48. The number of rotatable bonds is 2. The van der Waals surface area contributed by atoms with E-state index in [1.165, 1.54) is 31.2 Å². The molecule has 104 valence electrons. The molecule has 2 fully saturated rings. The molecule has 1 aromatic rings. The van der Waals surface area contributed by atoms with Gasteiger partial charge in [0.15, 0.2) is 0 Å². The molecular weight excluding hydrogens is 232 g/mol. The summed E-state index contributed by atoms with van der Waals surface area (Å²) in [6, 6.07) is 12.1. The van der Waals surface area contributed by atoms with Crippen LogP contribution in [-0.4, -0.2) is 29.6 Å². The Hall–Kier alpha value is -0.860. The molecule has 1 heterocycles. The van der Waals surface area contributed by atoms with Gasteiger partial charge in [0.1, 0.15) is 0 Å². The van der Waals surface area contributed by atoms with E-state index >= 15 is 0 Å². The van der Waals surface area contributed by atoms with E-state index in [4.69, 9.17) is 0 Å². The minimum atomic E-state index is 0.439. The highest BCUT2D eigenvalue weighted by Crippen LogP contribution is 2.38. The van der Waals surface area contributed by atoms with Crippen LogP contribution in [0.25, 0.3) is 0 Å². The van der Waals surface area contributed by atoms with Crippen molar-refractivity contribution in [1.82, 2.24) is 10.2 Å². The molecule has 1 aliphatic carbocycles. The Labute approximate surface area is 117 Å². The molecule has 0 bridgehead atoms. The number of nitrogens with zero attached hydrogens (tertiary/aromatic N) is 1. The normalized spacial score (nSPS) is 31.5. The van der Waals surface area contributed by atoms with Gasteiger partial charge in [0.25, 0.3) is 0 Å². The van der Waals surface area contributed by atoms with Gasteiger partial charge in [-0.25, -0.2) is 0 Å². The molecule has 2 unspecified atom stereocenters.